The maximum Gasteiger partial charge on any atom is 0.276 e. The summed E-state index contributed by atoms with van der Waals surface area (Å²) in [6, 6.07) is 7.68. The second-order valence-corrected chi connectivity index (χ2v) is 5.78. The molecule has 2 amide bonds. The van der Waals surface area contributed by atoms with E-state index in [1.807, 2.05) is 24.3 Å². The van der Waals surface area contributed by atoms with E-state index in [-0.39, 0.29) is 18.6 Å². The third-order valence-electron chi connectivity index (χ3n) is 3.67. The van der Waals surface area contributed by atoms with Crippen molar-refractivity contribution in [2.75, 3.05) is 19.8 Å². The van der Waals surface area contributed by atoms with Crippen molar-refractivity contribution < 1.29 is 19.1 Å². The Morgan fingerprint density at radius 2 is 1.57 bits per heavy atom. The molecule has 6 nitrogen and oxygen atoms in total. The largest absolute Gasteiger partial charge is 0.484 e. The van der Waals surface area contributed by atoms with Gasteiger partial charge >= 0.3 is 0 Å². The first-order valence-corrected chi connectivity index (χ1v) is 7.77. The predicted molar refractivity (Wildman–Crippen MR) is 88.0 cm³/mol. The van der Waals surface area contributed by atoms with Gasteiger partial charge in [-0.2, -0.15) is 0 Å². The van der Waals surface area contributed by atoms with Crippen LogP contribution in [0.25, 0.3) is 0 Å². The molecule has 1 rings (SSSR count). The Morgan fingerprint density at radius 1 is 1.00 bits per heavy atom. The second-order valence-electron chi connectivity index (χ2n) is 5.78. The molecule has 0 saturated carbocycles. The van der Waals surface area contributed by atoms with Crippen molar-refractivity contribution in [2.24, 2.45) is 0 Å². The highest BCUT2D eigenvalue weighted by Crippen LogP contribution is 2.27. The number of ether oxygens (including phenoxy) is 2. The first kappa shape index (κ1) is 19.0. The lowest BCUT2D eigenvalue weighted by Crippen LogP contribution is -2.45. The standard InChI is InChI=1S/C17H26N2O4/c1-5-17(3,4)13-7-9-14(10-8-13)23-12-16(21)19-18-15(20)11-22-6-2/h7-10H,5-6,11-12H2,1-4H3,(H,18,20)(H,19,21). The van der Waals surface area contributed by atoms with Crippen LogP contribution in [-0.2, 0) is 19.7 Å². The van der Waals surface area contributed by atoms with Crippen molar-refractivity contribution >= 4 is 11.8 Å². The molecule has 1 aromatic rings. The third kappa shape index (κ3) is 6.69. The molecule has 1 aromatic carbocycles. The molecular weight excluding hydrogens is 296 g/mol. The first-order chi connectivity index (χ1) is 10.9. The lowest BCUT2D eigenvalue weighted by molar-refractivity contribution is -0.132. The second kappa shape index (κ2) is 9.15. The Labute approximate surface area is 137 Å². The summed E-state index contributed by atoms with van der Waals surface area (Å²) in [4.78, 5) is 22.8. The number of hydrogen-bond acceptors (Lipinski definition) is 4. The Morgan fingerprint density at radius 3 is 2.09 bits per heavy atom. The van der Waals surface area contributed by atoms with Crippen LogP contribution in [0.1, 0.15) is 39.7 Å². The highest BCUT2D eigenvalue weighted by Gasteiger charge is 2.17. The van der Waals surface area contributed by atoms with Gasteiger partial charge in [0, 0.05) is 6.61 Å². The quantitative estimate of drug-likeness (QED) is 0.717. The van der Waals surface area contributed by atoms with Crippen molar-refractivity contribution in [3.8, 4) is 5.75 Å². The van der Waals surface area contributed by atoms with Crippen LogP contribution < -0.4 is 15.6 Å². The van der Waals surface area contributed by atoms with Crippen LogP contribution in [0.4, 0.5) is 0 Å². The van der Waals surface area contributed by atoms with E-state index in [0.29, 0.717) is 12.4 Å². The number of rotatable bonds is 8. The minimum absolute atomic E-state index is 0.0910. The van der Waals surface area contributed by atoms with E-state index in [1.54, 1.807) is 6.92 Å². The number of hydrazine groups is 1. The van der Waals surface area contributed by atoms with E-state index in [9.17, 15) is 9.59 Å². The van der Waals surface area contributed by atoms with Gasteiger partial charge in [0.05, 0.1) is 0 Å². The van der Waals surface area contributed by atoms with Gasteiger partial charge in [-0.05, 0) is 36.5 Å². The lowest BCUT2D eigenvalue weighted by Gasteiger charge is -2.23. The van der Waals surface area contributed by atoms with Gasteiger partial charge in [0.1, 0.15) is 12.4 Å². The predicted octanol–water partition coefficient (Wildman–Crippen LogP) is 1.94. The van der Waals surface area contributed by atoms with E-state index < -0.39 is 11.8 Å². The molecule has 0 unspecified atom stereocenters. The Balaban J connectivity index is 2.37. The van der Waals surface area contributed by atoms with E-state index in [4.69, 9.17) is 9.47 Å². The Hall–Kier alpha value is -2.08. The van der Waals surface area contributed by atoms with Gasteiger partial charge in [-0.25, -0.2) is 0 Å². The zero-order valence-corrected chi connectivity index (χ0v) is 14.3. The molecule has 0 aliphatic carbocycles. The van der Waals surface area contributed by atoms with E-state index in [2.05, 4.69) is 31.6 Å². The van der Waals surface area contributed by atoms with E-state index >= 15 is 0 Å². The van der Waals surface area contributed by atoms with Crippen molar-refractivity contribution in [3.05, 3.63) is 29.8 Å². The average molecular weight is 322 g/mol. The van der Waals surface area contributed by atoms with Gasteiger partial charge in [0.15, 0.2) is 6.61 Å². The minimum atomic E-state index is -0.437. The molecule has 0 aromatic heterocycles. The SMILES string of the molecule is CCOCC(=O)NNC(=O)COc1ccc(C(C)(C)CC)cc1. The van der Waals surface area contributed by atoms with Gasteiger partial charge in [-0.15, -0.1) is 0 Å². The molecule has 0 radical (unpaired) electrons. The maximum absolute atomic E-state index is 11.6. The summed E-state index contributed by atoms with van der Waals surface area (Å²) in [5, 5.41) is 0. The van der Waals surface area contributed by atoms with Gasteiger partial charge in [-0.1, -0.05) is 32.9 Å². The van der Waals surface area contributed by atoms with Crippen LogP contribution in [0.3, 0.4) is 0 Å². The average Bonchev–Trinajstić information content (AvgIpc) is 2.56. The molecular formula is C17H26N2O4. The van der Waals surface area contributed by atoms with Crippen LogP contribution in [0, 0.1) is 0 Å². The monoisotopic (exact) mass is 322 g/mol. The highest BCUT2D eigenvalue weighted by atomic mass is 16.5. The zero-order chi connectivity index (χ0) is 17.3. The van der Waals surface area contributed by atoms with Crippen LogP contribution in [-0.4, -0.2) is 31.6 Å². The highest BCUT2D eigenvalue weighted by molar-refractivity contribution is 5.83. The van der Waals surface area contributed by atoms with Gasteiger partial charge in [0.25, 0.3) is 11.8 Å². The molecule has 0 heterocycles. The van der Waals surface area contributed by atoms with Crippen molar-refractivity contribution in [2.45, 2.75) is 39.5 Å². The molecule has 0 atom stereocenters. The Bertz CT molecular complexity index is 512. The molecule has 23 heavy (non-hydrogen) atoms. The molecule has 2 N–H and O–H groups in total. The minimum Gasteiger partial charge on any atom is -0.484 e. The first-order valence-electron chi connectivity index (χ1n) is 7.77. The van der Waals surface area contributed by atoms with Crippen LogP contribution in [0.15, 0.2) is 24.3 Å². The molecule has 128 valence electrons. The molecule has 0 saturated heterocycles. The summed E-state index contributed by atoms with van der Waals surface area (Å²) >= 11 is 0. The molecule has 0 fully saturated rings. The molecule has 0 spiro atoms. The molecule has 6 heteroatoms. The number of carbonyl (C=O) groups excluding carboxylic acids is 2. The summed E-state index contributed by atoms with van der Waals surface area (Å²) in [5.41, 5.74) is 5.84. The lowest BCUT2D eigenvalue weighted by atomic mass is 9.82. The zero-order valence-electron chi connectivity index (χ0n) is 14.3. The smallest absolute Gasteiger partial charge is 0.276 e. The van der Waals surface area contributed by atoms with Crippen molar-refractivity contribution in [3.63, 3.8) is 0 Å². The maximum atomic E-state index is 11.6. The number of carbonyl (C=O) groups is 2. The normalized spacial score (nSPS) is 11.0. The number of nitrogens with one attached hydrogen (secondary N) is 2. The van der Waals surface area contributed by atoms with Gasteiger partial charge in [0.2, 0.25) is 0 Å². The van der Waals surface area contributed by atoms with Crippen LogP contribution >= 0.6 is 0 Å². The fourth-order valence-corrected chi connectivity index (χ4v) is 1.76. The van der Waals surface area contributed by atoms with Gasteiger partial charge < -0.3 is 9.47 Å². The fraction of sp³-hybridized carbons (Fsp3) is 0.529. The summed E-state index contributed by atoms with van der Waals surface area (Å²) in [7, 11) is 0. The van der Waals surface area contributed by atoms with Crippen LogP contribution in [0.5, 0.6) is 5.75 Å². The molecule has 0 aliphatic rings. The molecule has 0 aliphatic heterocycles. The summed E-state index contributed by atoms with van der Waals surface area (Å²) in [6.07, 6.45) is 1.04. The van der Waals surface area contributed by atoms with E-state index in [0.717, 1.165) is 6.42 Å². The number of amides is 2. The summed E-state index contributed by atoms with van der Waals surface area (Å²) in [6.45, 7) is 8.47. The number of benzene rings is 1. The number of hydrogen-bond donors (Lipinski definition) is 2. The van der Waals surface area contributed by atoms with Crippen LogP contribution in [0.2, 0.25) is 0 Å². The topological polar surface area (TPSA) is 76.7 Å². The Kier molecular flexibility index (Phi) is 7.54. The molecule has 0 bridgehead atoms. The van der Waals surface area contributed by atoms with Crippen molar-refractivity contribution in [1.29, 1.82) is 0 Å². The summed E-state index contributed by atoms with van der Waals surface area (Å²) < 4.78 is 10.3. The van der Waals surface area contributed by atoms with E-state index in [1.165, 1.54) is 5.56 Å². The van der Waals surface area contributed by atoms with Crippen molar-refractivity contribution in [1.82, 2.24) is 10.9 Å². The summed E-state index contributed by atoms with van der Waals surface area (Å²) in [5.74, 6) is -0.240. The third-order valence-corrected chi connectivity index (χ3v) is 3.67. The fourth-order valence-electron chi connectivity index (χ4n) is 1.76. The van der Waals surface area contributed by atoms with Gasteiger partial charge in [-0.3, -0.25) is 20.4 Å².